The normalized spacial score (nSPS) is 14.0. The van der Waals surface area contributed by atoms with Crippen molar-refractivity contribution in [1.82, 2.24) is 9.80 Å². The van der Waals surface area contributed by atoms with Crippen LogP contribution in [0.5, 0.6) is 0 Å². The van der Waals surface area contributed by atoms with Crippen molar-refractivity contribution in [2.75, 3.05) is 31.5 Å². The van der Waals surface area contributed by atoms with Crippen LogP contribution in [0, 0.1) is 6.92 Å². The summed E-state index contributed by atoms with van der Waals surface area (Å²) in [5.74, 6) is -0.348. The molecular weight excluding hydrogens is 378 g/mol. The molecule has 0 atom stereocenters. The van der Waals surface area contributed by atoms with Gasteiger partial charge in [-0.25, -0.2) is 0 Å². The van der Waals surface area contributed by atoms with E-state index in [0.29, 0.717) is 48.0 Å². The van der Waals surface area contributed by atoms with Gasteiger partial charge >= 0.3 is 0 Å². The standard InChI is InChI=1S/C21H22ClN3O3/c1-14-3-4-17(13-19(14)23-15(2)26)21(28)25-11-9-24(10-12-25)20(27)16-5-7-18(22)8-6-16/h3-8,13H,9-12H2,1-2H3,(H,23,26). The quantitative estimate of drug-likeness (QED) is 0.861. The molecule has 0 unspecified atom stereocenters. The molecule has 2 aromatic carbocycles. The number of nitrogens with one attached hydrogen (secondary N) is 1. The highest BCUT2D eigenvalue weighted by Gasteiger charge is 2.25. The highest BCUT2D eigenvalue weighted by atomic mass is 35.5. The second kappa shape index (κ2) is 8.44. The van der Waals surface area contributed by atoms with Crippen molar-refractivity contribution in [3.05, 3.63) is 64.2 Å². The molecular formula is C21H22ClN3O3. The summed E-state index contributed by atoms with van der Waals surface area (Å²) in [7, 11) is 0. The summed E-state index contributed by atoms with van der Waals surface area (Å²) in [5.41, 5.74) is 2.63. The zero-order valence-corrected chi connectivity index (χ0v) is 16.6. The highest BCUT2D eigenvalue weighted by Crippen LogP contribution is 2.19. The fourth-order valence-corrected chi connectivity index (χ4v) is 3.28. The van der Waals surface area contributed by atoms with Crippen molar-refractivity contribution >= 4 is 35.0 Å². The summed E-state index contributed by atoms with van der Waals surface area (Å²) in [6, 6.07) is 12.1. The van der Waals surface area contributed by atoms with Crippen molar-refractivity contribution in [3.63, 3.8) is 0 Å². The molecule has 2 aromatic rings. The van der Waals surface area contributed by atoms with E-state index in [1.807, 2.05) is 13.0 Å². The van der Waals surface area contributed by atoms with E-state index in [-0.39, 0.29) is 17.7 Å². The van der Waals surface area contributed by atoms with Crippen LogP contribution in [0.1, 0.15) is 33.2 Å². The van der Waals surface area contributed by atoms with Crippen LogP contribution >= 0.6 is 11.6 Å². The van der Waals surface area contributed by atoms with Crippen LogP contribution in [0.2, 0.25) is 5.02 Å². The first-order valence-electron chi connectivity index (χ1n) is 9.07. The number of amides is 3. The third-order valence-corrected chi connectivity index (χ3v) is 4.99. The zero-order chi connectivity index (χ0) is 20.3. The fourth-order valence-electron chi connectivity index (χ4n) is 3.15. The van der Waals surface area contributed by atoms with Gasteiger partial charge in [0.2, 0.25) is 5.91 Å². The Morgan fingerprint density at radius 2 is 1.36 bits per heavy atom. The SMILES string of the molecule is CC(=O)Nc1cc(C(=O)N2CCN(C(=O)c3ccc(Cl)cc3)CC2)ccc1C. The van der Waals surface area contributed by atoms with Gasteiger partial charge in [0.05, 0.1) is 0 Å². The van der Waals surface area contributed by atoms with E-state index in [0.717, 1.165) is 5.56 Å². The molecule has 0 aromatic heterocycles. The summed E-state index contributed by atoms with van der Waals surface area (Å²) in [6.07, 6.45) is 0. The van der Waals surface area contributed by atoms with E-state index in [2.05, 4.69) is 5.32 Å². The predicted octanol–water partition coefficient (Wildman–Crippen LogP) is 3.21. The summed E-state index contributed by atoms with van der Waals surface area (Å²) < 4.78 is 0. The van der Waals surface area contributed by atoms with Crippen LogP contribution in [-0.2, 0) is 4.79 Å². The Hall–Kier alpha value is -2.86. The lowest BCUT2D eigenvalue weighted by molar-refractivity contribution is -0.114. The first kappa shape index (κ1) is 19.9. The number of hydrogen-bond acceptors (Lipinski definition) is 3. The van der Waals surface area contributed by atoms with E-state index in [1.165, 1.54) is 6.92 Å². The second-order valence-corrected chi connectivity index (χ2v) is 7.24. The molecule has 3 amide bonds. The maximum atomic E-state index is 12.8. The molecule has 28 heavy (non-hydrogen) atoms. The monoisotopic (exact) mass is 399 g/mol. The fraction of sp³-hybridized carbons (Fsp3) is 0.286. The van der Waals surface area contributed by atoms with Gasteiger partial charge in [-0.2, -0.15) is 0 Å². The Morgan fingerprint density at radius 3 is 1.89 bits per heavy atom. The average molecular weight is 400 g/mol. The van der Waals surface area contributed by atoms with Crippen molar-refractivity contribution in [2.45, 2.75) is 13.8 Å². The molecule has 1 fully saturated rings. The molecule has 146 valence electrons. The number of piperazine rings is 1. The largest absolute Gasteiger partial charge is 0.335 e. The Morgan fingerprint density at radius 1 is 0.857 bits per heavy atom. The minimum atomic E-state index is -0.179. The number of halogens is 1. The molecule has 1 saturated heterocycles. The third-order valence-electron chi connectivity index (χ3n) is 4.74. The topological polar surface area (TPSA) is 69.7 Å². The van der Waals surface area contributed by atoms with Crippen molar-refractivity contribution in [2.24, 2.45) is 0 Å². The van der Waals surface area contributed by atoms with Gasteiger partial charge in [-0.15, -0.1) is 0 Å². The lowest BCUT2D eigenvalue weighted by atomic mass is 10.1. The van der Waals surface area contributed by atoms with Gasteiger partial charge in [0.25, 0.3) is 11.8 Å². The molecule has 1 aliphatic rings. The van der Waals surface area contributed by atoms with Gasteiger partial charge < -0.3 is 15.1 Å². The van der Waals surface area contributed by atoms with Crippen molar-refractivity contribution in [3.8, 4) is 0 Å². The van der Waals surface area contributed by atoms with Crippen LogP contribution in [0.15, 0.2) is 42.5 Å². The number of anilines is 1. The van der Waals surface area contributed by atoms with Crippen LogP contribution in [0.25, 0.3) is 0 Å². The summed E-state index contributed by atoms with van der Waals surface area (Å²) in [5, 5.41) is 3.33. The number of carbonyl (C=O) groups is 3. The summed E-state index contributed by atoms with van der Waals surface area (Å²) in [6.45, 7) is 5.17. The maximum Gasteiger partial charge on any atom is 0.254 e. The number of nitrogens with zero attached hydrogens (tertiary/aromatic N) is 2. The van der Waals surface area contributed by atoms with Crippen molar-refractivity contribution < 1.29 is 14.4 Å². The predicted molar refractivity (Wildman–Crippen MR) is 109 cm³/mol. The van der Waals surface area contributed by atoms with E-state index >= 15 is 0 Å². The molecule has 1 heterocycles. The molecule has 6 nitrogen and oxygen atoms in total. The molecule has 0 spiro atoms. The Kier molecular flexibility index (Phi) is 5.99. The van der Waals surface area contributed by atoms with E-state index in [9.17, 15) is 14.4 Å². The number of carbonyl (C=O) groups excluding carboxylic acids is 3. The van der Waals surface area contributed by atoms with Gasteiger partial charge in [0, 0.05) is 54.9 Å². The lowest BCUT2D eigenvalue weighted by Gasteiger charge is -2.35. The van der Waals surface area contributed by atoms with Gasteiger partial charge in [0.1, 0.15) is 0 Å². The van der Waals surface area contributed by atoms with Crippen LogP contribution in [0.4, 0.5) is 5.69 Å². The third kappa shape index (κ3) is 4.51. The smallest absolute Gasteiger partial charge is 0.254 e. The van der Waals surface area contributed by atoms with Gasteiger partial charge in [-0.3, -0.25) is 14.4 Å². The first-order valence-corrected chi connectivity index (χ1v) is 9.45. The molecule has 0 radical (unpaired) electrons. The minimum absolute atomic E-state index is 0.0629. The molecule has 0 saturated carbocycles. The summed E-state index contributed by atoms with van der Waals surface area (Å²) in [4.78, 5) is 40.2. The van der Waals surface area contributed by atoms with Crippen molar-refractivity contribution in [1.29, 1.82) is 0 Å². The number of aryl methyl sites for hydroxylation is 1. The van der Waals surface area contributed by atoms with Crippen LogP contribution in [0.3, 0.4) is 0 Å². The van der Waals surface area contributed by atoms with Gasteiger partial charge in [-0.05, 0) is 48.9 Å². The van der Waals surface area contributed by atoms with E-state index < -0.39 is 0 Å². The van der Waals surface area contributed by atoms with Gasteiger partial charge in [-0.1, -0.05) is 17.7 Å². The van der Waals surface area contributed by atoms with E-state index in [4.69, 9.17) is 11.6 Å². The highest BCUT2D eigenvalue weighted by molar-refractivity contribution is 6.30. The lowest BCUT2D eigenvalue weighted by Crippen LogP contribution is -2.50. The average Bonchev–Trinajstić information content (AvgIpc) is 2.69. The van der Waals surface area contributed by atoms with Gasteiger partial charge in [0.15, 0.2) is 0 Å². The number of hydrogen-bond donors (Lipinski definition) is 1. The number of benzene rings is 2. The van der Waals surface area contributed by atoms with E-state index in [1.54, 1.807) is 46.2 Å². The molecule has 0 aliphatic carbocycles. The molecule has 1 aliphatic heterocycles. The maximum absolute atomic E-state index is 12.8. The number of rotatable bonds is 3. The second-order valence-electron chi connectivity index (χ2n) is 6.80. The first-order chi connectivity index (χ1) is 13.3. The molecule has 3 rings (SSSR count). The minimum Gasteiger partial charge on any atom is -0.335 e. The summed E-state index contributed by atoms with van der Waals surface area (Å²) >= 11 is 5.87. The Labute approximate surface area is 169 Å². The molecule has 7 heteroatoms. The Bertz CT molecular complexity index is 904. The molecule has 1 N–H and O–H groups in total. The van der Waals surface area contributed by atoms with Crippen LogP contribution in [-0.4, -0.2) is 53.7 Å². The zero-order valence-electron chi connectivity index (χ0n) is 15.9. The Balaban J connectivity index is 1.64. The molecule has 0 bridgehead atoms. The van der Waals surface area contributed by atoms with Crippen LogP contribution < -0.4 is 5.32 Å².